The molecule has 2 heterocycles. The van der Waals surface area contributed by atoms with Gasteiger partial charge in [0.15, 0.2) is 28.1 Å². The van der Waals surface area contributed by atoms with Gasteiger partial charge in [0, 0.05) is 35.2 Å². The average molecular weight is 523 g/mol. The maximum absolute atomic E-state index is 12.7. The van der Waals surface area contributed by atoms with Gasteiger partial charge in [-0.1, -0.05) is 31.0 Å². The lowest BCUT2D eigenvalue weighted by Gasteiger charge is -2.22. The molecule has 0 spiro atoms. The molecule has 1 N–H and O–H groups in total. The van der Waals surface area contributed by atoms with E-state index in [-0.39, 0.29) is 23.4 Å². The molecule has 192 valence electrons. The smallest absolute Gasteiger partial charge is 0.269 e. The Bertz CT molecular complexity index is 1470. The molecule has 0 aliphatic heterocycles. The van der Waals surface area contributed by atoms with Crippen molar-refractivity contribution >= 4 is 39.9 Å². The van der Waals surface area contributed by atoms with E-state index in [2.05, 4.69) is 10.4 Å². The molecule has 0 radical (unpaired) electrons. The first-order valence-corrected chi connectivity index (χ1v) is 12.9. The number of rotatable bonds is 8. The maximum Gasteiger partial charge on any atom is 0.269 e. The molecule has 4 aromatic rings. The monoisotopic (exact) mass is 522 g/mol. The molecule has 1 amide bonds. The summed E-state index contributed by atoms with van der Waals surface area (Å²) in [4.78, 5) is 32.8. The van der Waals surface area contributed by atoms with Gasteiger partial charge in [-0.2, -0.15) is 4.52 Å². The van der Waals surface area contributed by atoms with E-state index >= 15 is 0 Å². The molecule has 1 aliphatic carbocycles. The summed E-state index contributed by atoms with van der Waals surface area (Å²) in [7, 11) is 3.10. The van der Waals surface area contributed by atoms with Crippen molar-refractivity contribution in [2.45, 2.75) is 43.3 Å². The van der Waals surface area contributed by atoms with Gasteiger partial charge < -0.3 is 14.8 Å². The van der Waals surface area contributed by atoms with E-state index in [4.69, 9.17) is 19.4 Å². The zero-order valence-electron chi connectivity index (χ0n) is 20.5. The number of fused-ring (bicyclic) bond motifs is 3. The second-order valence-electron chi connectivity index (χ2n) is 8.78. The van der Waals surface area contributed by atoms with Crippen LogP contribution in [0.5, 0.6) is 11.5 Å². The van der Waals surface area contributed by atoms with Crippen molar-refractivity contribution in [2.24, 2.45) is 0 Å². The second kappa shape index (κ2) is 10.6. The summed E-state index contributed by atoms with van der Waals surface area (Å²) in [5, 5.41) is 20.0. The molecule has 0 bridgehead atoms. The number of nitro benzene ring substituents is 1. The zero-order chi connectivity index (χ0) is 25.9. The molecule has 1 fully saturated rings. The van der Waals surface area contributed by atoms with Gasteiger partial charge >= 0.3 is 0 Å². The lowest BCUT2D eigenvalue weighted by Crippen LogP contribution is -2.37. The van der Waals surface area contributed by atoms with E-state index < -0.39 is 4.92 Å². The quantitative estimate of drug-likeness (QED) is 0.154. The van der Waals surface area contributed by atoms with Crippen LogP contribution in [-0.4, -0.2) is 56.4 Å². The number of non-ortho nitro benzene ring substituents is 1. The molecule has 0 unspecified atom stereocenters. The lowest BCUT2D eigenvalue weighted by molar-refractivity contribution is -0.384. The number of methoxy groups -OCH3 is 2. The fourth-order valence-corrected chi connectivity index (χ4v) is 5.26. The van der Waals surface area contributed by atoms with Crippen LogP contribution in [0.3, 0.4) is 0 Å². The number of aromatic nitrogens is 4. The molecule has 11 nitrogen and oxygen atoms in total. The topological polar surface area (TPSA) is 134 Å². The minimum absolute atomic E-state index is 0.0170. The summed E-state index contributed by atoms with van der Waals surface area (Å²) in [6.07, 6.45) is 5.52. The number of nitrogens with one attached hydrogen (secondary N) is 1. The van der Waals surface area contributed by atoms with Crippen LogP contribution >= 0.6 is 11.8 Å². The molecule has 2 aromatic heterocycles. The van der Waals surface area contributed by atoms with Gasteiger partial charge in [-0.3, -0.25) is 14.9 Å². The van der Waals surface area contributed by atoms with Crippen LogP contribution in [0.25, 0.3) is 27.9 Å². The van der Waals surface area contributed by atoms with Crippen molar-refractivity contribution in [3.05, 3.63) is 46.5 Å². The van der Waals surface area contributed by atoms with Crippen molar-refractivity contribution in [1.29, 1.82) is 0 Å². The SMILES string of the molecule is COc1cc2nc(SCC(=O)NC3CCCCC3)n3nc(-c4ccc([N+](=O)[O-])cc4)nc3c2cc1OC. The fraction of sp³-hybridized carbons (Fsp3) is 0.360. The third-order valence-corrected chi connectivity index (χ3v) is 7.32. The molecule has 5 rings (SSSR count). The van der Waals surface area contributed by atoms with E-state index in [0.29, 0.717) is 44.6 Å². The van der Waals surface area contributed by atoms with Crippen molar-refractivity contribution in [1.82, 2.24) is 24.9 Å². The van der Waals surface area contributed by atoms with E-state index in [1.54, 1.807) is 43.0 Å². The minimum Gasteiger partial charge on any atom is -0.493 e. The Balaban J connectivity index is 1.53. The first-order chi connectivity index (χ1) is 18.0. The number of thioether (sulfide) groups is 1. The van der Waals surface area contributed by atoms with Crippen LogP contribution in [0, 0.1) is 10.1 Å². The normalized spacial score (nSPS) is 14.1. The Morgan fingerprint density at radius 3 is 2.49 bits per heavy atom. The number of nitrogens with zero attached hydrogens (tertiary/aromatic N) is 5. The maximum atomic E-state index is 12.7. The van der Waals surface area contributed by atoms with Crippen LogP contribution in [0.15, 0.2) is 41.6 Å². The molecule has 1 aliphatic rings. The first kappa shape index (κ1) is 24.8. The number of benzene rings is 2. The van der Waals surface area contributed by atoms with E-state index in [0.717, 1.165) is 25.7 Å². The highest BCUT2D eigenvalue weighted by molar-refractivity contribution is 7.99. The highest BCUT2D eigenvalue weighted by Crippen LogP contribution is 2.35. The Morgan fingerprint density at radius 1 is 1.11 bits per heavy atom. The van der Waals surface area contributed by atoms with E-state index in [1.165, 1.54) is 30.3 Å². The number of hydrogen-bond acceptors (Lipinski definition) is 9. The largest absolute Gasteiger partial charge is 0.493 e. The van der Waals surface area contributed by atoms with Crippen molar-refractivity contribution in [3.8, 4) is 22.9 Å². The average Bonchev–Trinajstić information content (AvgIpc) is 3.37. The van der Waals surface area contributed by atoms with Crippen molar-refractivity contribution in [2.75, 3.05) is 20.0 Å². The summed E-state index contributed by atoms with van der Waals surface area (Å²) in [5.41, 5.74) is 1.74. The summed E-state index contributed by atoms with van der Waals surface area (Å²) >= 11 is 1.28. The van der Waals surface area contributed by atoms with Crippen molar-refractivity contribution in [3.63, 3.8) is 0 Å². The predicted octanol–water partition coefficient (Wildman–Crippen LogP) is 4.41. The van der Waals surface area contributed by atoms with Crippen LogP contribution in [0.1, 0.15) is 32.1 Å². The predicted molar refractivity (Wildman–Crippen MR) is 139 cm³/mol. The van der Waals surface area contributed by atoms with Gasteiger partial charge in [0.05, 0.1) is 30.4 Å². The number of carbonyl (C=O) groups excluding carboxylic acids is 1. The van der Waals surface area contributed by atoms with Crippen LogP contribution in [-0.2, 0) is 4.79 Å². The third kappa shape index (κ3) is 5.15. The number of ether oxygens (including phenoxy) is 2. The highest BCUT2D eigenvalue weighted by Gasteiger charge is 2.20. The minimum atomic E-state index is -0.453. The Kier molecular flexibility index (Phi) is 7.08. The zero-order valence-corrected chi connectivity index (χ0v) is 21.3. The number of nitro groups is 1. The Labute approximate surface area is 216 Å². The van der Waals surface area contributed by atoms with Crippen LogP contribution in [0.4, 0.5) is 5.69 Å². The van der Waals surface area contributed by atoms with Gasteiger partial charge in [-0.15, -0.1) is 5.10 Å². The van der Waals surface area contributed by atoms with Gasteiger partial charge in [-0.05, 0) is 31.0 Å². The van der Waals surface area contributed by atoms with E-state index in [9.17, 15) is 14.9 Å². The molecule has 37 heavy (non-hydrogen) atoms. The third-order valence-electron chi connectivity index (χ3n) is 6.39. The molecule has 12 heteroatoms. The standard InChI is InChI=1S/C25H26N6O5S/c1-35-20-12-18-19(13-21(20)36-2)27-25(37-14-22(32)26-16-6-4-3-5-7-16)30-24(18)28-23(29-30)15-8-10-17(11-9-15)31(33)34/h8-13,16H,3-7,14H2,1-2H3,(H,26,32). The summed E-state index contributed by atoms with van der Waals surface area (Å²) in [5.74, 6) is 1.56. The van der Waals surface area contributed by atoms with Crippen molar-refractivity contribution < 1.29 is 19.2 Å². The molecule has 0 saturated heterocycles. The highest BCUT2D eigenvalue weighted by atomic mass is 32.2. The number of carbonyl (C=O) groups is 1. The number of amides is 1. The fourth-order valence-electron chi connectivity index (χ4n) is 4.50. The van der Waals surface area contributed by atoms with Gasteiger partial charge in [0.25, 0.3) is 5.69 Å². The summed E-state index contributed by atoms with van der Waals surface area (Å²) < 4.78 is 12.5. The lowest BCUT2D eigenvalue weighted by atomic mass is 9.95. The summed E-state index contributed by atoms with van der Waals surface area (Å²) in [6.45, 7) is 0. The van der Waals surface area contributed by atoms with Gasteiger partial charge in [-0.25, -0.2) is 9.97 Å². The molecular weight excluding hydrogens is 496 g/mol. The number of hydrogen-bond donors (Lipinski definition) is 1. The molecular formula is C25H26N6O5S. The second-order valence-corrected chi connectivity index (χ2v) is 9.73. The molecule has 1 saturated carbocycles. The molecule has 2 aromatic carbocycles. The molecule has 0 atom stereocenters. The van der Waals surface area contributed by atoms with Gasteiger partial charge in [0.2, 0.25) is 5.91 Å². The van der Waals surface area contributed by atoms with Crippen LogP contribution < -0.4 is 14.8 Å². The Morgan fingerprint density at radius 2 is 1.81 bits per heavy atom. The van der Waals surface area contributed by atoms with Crippen LogP contribution in [0.2, 0.25) is 0 Å². The summed E-state index contributed by atoms with van der Waals surface area (Å²) in [6, 6.07) is 9.82. The first-order valence-electron chi connectivity index (χ1n) is 12.0. The van der Waals surface area contributed by atoms with E-state index in [1.807, 2.05) is 0 Å². The van der Waals surface area contributed by atoms with Gasteiger partial charge in [0.1, 0.15) is 0 Å². The Hall–Kier alpha value is -3.93.